The minimum absolute atomic E-state index is 0. The number of para-hydroxylation sites is 1. The molecule has 138 valence electrons. The normalized spacial score (nSPS) is 27.6. The topological polar surface area (TPSA) is 29.5 Å². The second-order valence-corrected chi connectivity index (χ2v) is 8.36. The van der Waals surface area contributed by atoms with Crippen LogP contribution in [-0.2, 0) is 4.79 Å². The number of ether oxygens (including phenoxy) is 1. The van der Waals surface area contributed by atoms with Crippen LogP contribution in [0.25, 0.3) is 0 Å². The maximum absolute atomic E-state index is 13.1. The van der Waals surface area contributed by atoms with Gasteiger partial charge in [0.1, 0.15) is 5.75 Å². The lowest BCUT2D eigenvalue weighted by Crippen LogP contribution is -2.49. The quantitative estimate of drug-likeness (QED) is 0.361. The lowest BCUT2D eigenvalue weighted by molar-refractivity contribution is -0.143. The Morgan fingerprint density at radius 1 is 1.08 bits per heavy atom. The van der Waals surface area contributed by atoms with Crippen LogP contribution in [0, 0.1) is 9.49 Å². The minimum atomic E-state index is -0.107. The summed E-state index contributed by atoms with van der Waals surface area (Å²) in [5.41, 5.74) is 1.26. The largest absolute Gasteiger partial charge is 0.426 e. The van der Waals surface area contributed by atoms with Crippen LogP contribution in [0.2, 0.25) is 0 Å². The predicted molar refractivity (Wildman–Crippen MR) is 113 cm³/mol. The predicted octanol–water partition coefficient (Wildman–Crippen LogP) is 5.10. The Labute approximate surface area is 169 Å². The van der Waals surface area contributed by atoms with E-state index in [4.69, 9.17) is 4.74 Å². The van der Waals surface area contributed by atoms with Crippen molar-refractivity contribution in [1.82, 2.24) is 4.90 Å². The van der Waals surface area contributed by atoms with Crippen LogP contribution in [0.4, 0.5) is 0 Å². The van der Waals surface area contributed by atoms with Gasteiger partial charge in [-0.3, -0.25) is 9.69 Å². The summed E-state index contributed by atoms with van der Waals surface area (Å²) in [4.78, 5) is 15.5. The molecule has 4 heteroatoms. The number of nitrogens with zero attached hydrogens (tertiary/aromatic N) is 1. The summed E-state index contributed by atoms with van der Waals surface area (Å²) in [5, 5.41) is 0. The van der Waals surface area contributed by atoms with Gasteiger partial charge in [-0.05, 0) is 78.7 Å². The number of benzene rings is 2. The van der Waals surface area contributed by atoms with Crippen LogP contribution in [0.3, 0.4) is 0 Å². The molecule has 2 heterocycles. The van der Waals surface area contributed by atoms with Gasteiger partial charge in [0.25, 0.3) is 0 Å². The Hall–Kier alpha value is -1.40. The van der Waals surface area contributed by atoms with Gasteiger partial charge in [-0.15, -0.1) is 0 Å². The summed E-state index contributed by atoms with van der Waals surface area (Å²) in [7, 11) is 2.16. The fraction of sp³-hybridized carbons (Fsp3) is 0.409. The van der Waals surface area contributed by atoms with Crippen LogP contribution in [0.5, 0.6) is 5.75 Å². The van der Waals surface area contributed by atoms with Crippen molar-refractivity contribution in [3.05, 3.63) is 63.7 Å². The minimum Gasteiger partial charge on any atom is -0.426 e. The van der Waals surface area contributed by atoms with Crippen molar-refractivity contribution in [1.29, 1.82) is 0 Å². The molecule has 4 atom stereocenters. The molecule has 2 fully saturated rings. The van der Waals surface area contributed by atoms with Crippen molar-refractivity contribution < 1.29 is 9.53 Å². The summed E-state index contributed by atoms with van der Waals surface area (Å²) in [6.07, 6.45) is 3.29. The molecule has 2 aromatic rings. The Balaban J connectivity index is 0.00000196. The highest BCUT2D eigenvalue weighted by Crippen LogP contribution is 2.46. The van der Waals surface area contributed by atoms with Gasteiger partial charge in [0.2, 0.25) is 0 Å². The molecule has 0 aliphatic carbocycles. The second kappa shape index (κ2) is 8.09. The number of rotatable bonds is 3. The number of halogens is 1. The molecular weight excluding hydrogens is 437 g/mol. The summed E-state index contributed by atoms with van der Waals surface area (Å²) >= 11 is 2.32. The molecular formula is C22H26INO2. The third-order valence-electron chi connectivity index (χ3n) is 5.80. The molecule has 26 heavy (non-hydrogen) atoms. The Morgan fingerprint density at radius 3 is 2.46 bits per heavy atom. The Morgan fingerprint density at radius 2 is 1.77 bits per heavy atom. The van der Waals surface area contributed by atoms with E-state index in [1.54, 1.807) is 0 Å². The van der Waals surface area contributed by atoms with E-state index < -0.39 is 0 Å². The van der Waals surface area contributed by atoms with Crippen molar-refractivity contribution in [3.63, 3.8) is 0 Å². The molecule has 0 radical (unpaired) electrons. The van der Waals surface area contributed by atoms with E-state index >= 15 is 0 Å². The molecule has 4 rings (SSSR count). The number of carbonyl (C=O) groups is 1. The highest BCUT2D eigenvalue weighted by Gasteiger charge is 2.49. The van der Waals surface area contributed by atoms with Crippen LogP contribution in [-0.4, -0.2) is 30.0 Å². The molecule has 0 saturated carbocycles. The van der Waals surface area contributed by atoms with E-state index in [9.17, 15) is 4.79 Å². The highest BCUT2D eigenvalue weighted by atomic mass is 127. The number of esters is 1. The lowest BCUT2D eigenvalue weighted by Gasteiger charge is -2.41. The fourth-order valence-corrected chi connectivity index (χ4v) is 4.87. The highest BCUT2D eigenvalue weighted by molar-refractivity contribution is 14.1. The molecule has 0 N–H and O–H groups in total. The number of hydrogen-bond donors (Lipinski definition) is 0. The zero-order valence-corrected chi connectivity index (χ0v) is 16.4. The van der Waals surface area contributed by atoms with Gasteiger partial charge in [0.05, 0.1) is 5.92 Å². The fourth-order valence-electron chi connectivity index (χ4n) is 4.51. The number of carbonyl (C=O) groups excluding carboxylic acids is 1. The van der Waals surface area contributed by atoms with E-state index in [1.807, 2.05) is 30.3 Å². The first kappa shape index (κ1) is 19.4. The smallest absolute Gasteiger partial charge is 0.316 e. The first-order chi connectivity index (χ1) is 12.1. The third-order valence-corrected chi connectivity index (χ3v) is 6.52. The Kier molecular flexibility index (Phi) is 6.03. The maximum Gasteiger partial charge on any atom is 0.316 e. The number of fused-ring (bicyclic) bond motifs is 2. The standard InChI is InChI=1S/C21H22INO2.CH4/c1-23-16-11-12-19(23)20(21(24)25-17-5-3-2-4-6-17)18(13-16)14-7-9-15(22)10-8-14;/h2-10,16,18-20H,11-13H2,1H3;1H4/t16-,18-,19?,20?;/m1./s1. The number of piperidine rings is 1. The molecule has 2 aliphatic heterocycles. The molecule has 2 aliphatic rings. The molecule has 0 amide bonds. The second-order valence-electron chi connectivity index (χ2n) is 7.12. The molecule has 0 spiro atoms. The van der Waals surface area contributed by atoms with Crippen molar-refractivity contribution >= 4 is 28.6 Å². The zero-order valence-electron chi connectivity index (χ0n) is 14.3. The van der Waals surface area contributed by atoms with Gasteiger partial charge >= 0.3 is 5.97 Å². The van der Waals surface area contributed by atoms with Gasteiger partial charge in [-0.1, -0.05) is 37.8 Å². The molecule has 2 aromatic carbocycles. The molecule has 0 aromatic heterocycles. The summed E-state index contributed by atoms with van der Waals surface area (Å²) in [6, 6.07) is 18.9. The van der Waals surface area contributed by atoms with E-state index in [0.717, 1.165) is 12.8 Å². The summed E-state index contributed by atoms with van der Waals surface area (Å²) in [5.74, 6) is 0.675. The van der Waals surface area contributed by atoms with Crippen molar-refractivity contribution in [2.24, 2.45) is 5.92 Å². The van der Waals surface area contributed by atoms with Gasteiger partial charge in [0, 0.05) is 21.6 Å². The number of hydrogen-bond acceptors (Lipinski definition) is 3. The van der Waals surface area contributed by atoms with Crippen molar-refractivity contribution in [3.8, 4) is 5.75 Å². The van der Waals surface area contributed by atoms with Gasteiger partial charge in [0.15, 0.2) is 0 Å². The van der Waals surface area contributed by atoms with E-state index in [1.165, 1.54) is 15.6 Å². The van der Waals surface area contributed by atoms with Crippen molar-refractivity contribution in [2.45, 2.75) is 44.7 Å². The third kappa shape index (κ3) is 3.67. The van der Waals surface area contributed by atoms with Gasteiger partial charge in [-0.25, -0.2) is 0 Å². The Bertz CT molecular complexity index is 746. The van der Waals surface area contributed by atoms with Gasteiger partial charge in [-0.2, -0.15) is 0 Å². The van der Waals surface area contributed by atoms with E-state index in [0.29, 0.717) is 11.8 Å². The van der Waals surface area contributed by atoms with Crippen LogP contribution in [0.15, 0.2) is 54.6 Å². The van der Waals surface area contributed by atoms with Crippen LogP contribution in [0.1, 0.15) is 38.2 Å². The summed E-state index contributed by atoms with van der Waals surface area (Å²) in [6.45, 7) is 0. The van der Waals surface area contributed by atoms with Gasteiger partial charge < -0.3 is 4.74 Å². The molecule has 2 unspecified atom stereocenters. The van der Waals surface area contributed by atoms with Crippen molar-refractivity contribution in [2.75, 3.05) is 7.05 Å². The molecule has 2 bridgehead atoms. The maximum atomic E-state index is 13.1. The SMILES string of the molecule is C.CN1C2CC[C@@H]1C[C@H](c1ccc(I)cc1)C2C(=O)Oc1ccccc1. The first-order valence-corrected chi connectivity index (χ1v) is 9.95. The monoisotopic (exact) mass is 463 g/mol. The lowest BCUT2D eigenvalue weighted by atomic mass is 9.76. The van der Waals surface area contributed by atoms with E-state index in [2.05, 4.69) is 58.8 Å². The average molecular weight is 463 g/mol. The molecule has 3 nitrogen and oxygen atoms in total. The average Bonchev–Trinajstić information content (AvgIpc) is 2.86. The molecule has 2 saturated heterocycles. The van der Waals surface area contributed by atoms with Crippen LogP contribution >= 0.6 is 22.6 Å². The van der Waals surface area contributed by atoms with Crippen LogP contribution < -0.4 is 4.74 Å². The summed E-state index contributed by atoms with van der Waals surface area (Å²) < 4.78 is 6.98. The first-order valence-electron chi connectivity index (χ1n) is 8.87. The zero-order chi connectivity index (χ0) is 17.4. The van der Waals surface area contributed by atoms with E-state index in [-0.39, 0.29) is 31.3 Å².